The van der Waals surface area contributed by atoms with E-state index in [1.807, 2.05) is 40.5 Å². The molecule has 1 fully saturated rings. The molecular weight excluding hydrogens is 396 g/mol. The minimum Gasteiger partial charge on any atom is -0.495 e. The number of carbonyl (C=O) groups excluding carboxylic acids is 2. The molecule has 1 aromatic carbocycles. The lowest BCUT2D eigenvalue weighted by atomic mass is 10.2. The number of aliphatic imine (C=N–C) groups is 1. The third-order valence-electron chi connectivity index (χ3n) is 5.26. The Bertz CT molecular complexity index is 1050. The molecular formula is C19H22ClN6O3+. The average Bonchev–Trinajstić information content (AvgIpc) is 3.20. The zero-order valence-electron chi connectivity index (χ0n) is 16.6. The lowest BCUT2D eigenvalue weighted by molar-refractivity contribution is -0.677. The van der Waals surface area contributed by atoms with Crippen LogP contribution >= 0.6 is 11.6 Å². The topological polar surface area (TPSA) is 83.0 Å². The molecule has 4 rings (SSSR count). The van der Waals surface area contributed by atoms with Crippen LogP contribution in [0.5, 0.6) is 5.75 Å². The smallest absolute Gasteiger partial charge is 0.401 e. The standard InChI is InChI=1S/C19H22ClN6O3/c1-11-10-26-15-16(23(2)19(28)24(3)17(15)27)22-18(26)25(11)8-7-21-12-5-6-14(29-4)13(20)9-12/h5-6,9-10,15,21H,7-8H2,1-4H3/q+1. The Labute approximate surface area is 173 Å². The molecule has 3 amide bonds. The van der Waals surface area contributed by atoms with Crippen LogP contribution in [0.4, 0.5) is 16.4 Å². The van der Waals surface area contributed by atoms with Gasteiger partial charge >= 0.3 is 12.0 Å². The first-order valence-electron chi connectivity index (χ1n) is 9.16. The van der Waals surface area contributed by atoms with Crippen LogP contribution in [0.15, 0.2) is 29.4 Å². The minimum absolute atomic E-state index is 0.279. The number of halogens is 1. The molecule has 1 atom stereocenters. The number of nitrogens with zero attached hydrogens (tertiary/aromatic N) is 5. The van der Waals surface area contributed by atoms with Crippen molar-refractivity contribution in [3.63, 3.8) is 0 Å². The molecule has 29 heavy (non-hydrogen) atoms. The van der Waals surface area contributed by atoms with Crippen molar-refractivity contribution in [3.8, 4) is 5.75 Å². The summed E-state index contributed by atoms with van der Waals surface area (Å²) < 4.78 is 9.02. The van der Waals surface area contributed by atoms with Crippen LogP contribution in [0, 0.1) is 6.92 Å². The third kappa shape index (κ3) is 3.02. The van der Waals surface area contributed by atoms with Crippen LogP contribution in [0.25, 0.3) is 0 Å². The third-order valence-corrected chi connectivity index (χ3v) is 5.56. The highest BCUT2D eigenvalue weighted by molar-refractivity contribution is 6.32. The SMILES string of the molecule is COc1ccc(NCCn2c(C)c[n+]3c2N=C2C3C(=O)N(C)C(=O)N2C)cc1Cl. The van der Waals surface area contributed by atoms with Crippen LogP contribution in [-0.2, 0) is 11.3 Å². The maximum absolute atomic E-state index is 12.7. The van der Waals surface area contributed by atoms with E-state index in [1.54, 1.807) is 14.2 Å². The summed E-state index contributed by atoms with van der Waals surface area (Å²) in [5.41, 5.74) is 1.86. The molecule has 0 bridgehead atoms. The first-order valence-corrected chi connectivity index (χ1v) is 9.53. The number of amides is 3. The Hall–Kier alpha value is -3.07. The molecule has 1 saturated heterocycles. The van der Waals surface area contributed by atoms with Crippen molar-refractivity contribution < 1.29 is 18.9 Å². The summed E-state index contributed by atoms with van der Waals surface area (Å²) in [6, 6.07) is 4.54. The predicted molar refractivity (Wildman–Crippen MR) is 108 cm³/mol. The number of aryl methyl sites for hydroxylation is 1. The fourth-order valence-electron chi connectivity index (χ4n) is 3.68. The number of fused-ring (bicyclic) bond motifs is 3. The van der Waals surface area contributed by atoms with E-state index in [0.717, 1.165) is 16.3 Å². The summed E-state index contributed by atoms with van der Waals surface area (Å²) in [5.74, 6) is 1.45. The Morgan fingerprint density at radius 2 is 2.03 bits per heavy atom. The number of imide groups is 1. The number of anilines is 1. The summed E-state index contributed by atoms with van der Waals surface area (Å²) in [4.78, 5) is 32.0. The summed E-state index contributed by atoms with van der Waals surface area (Å²) in [6.45, 7) is 3.23. The number of hydrogen-bond donors (Lipinski definition) is 1. The quantitative estimate of drug-likeness (QED) is 0.754. The molecule has 2 aromatic rings. The highest BCUT2D eigenvalue weighted by Crippen LogP contribution is 2.29. The highest BCUT2D eigenvalue weighted by atomic mass is 35.5. The first kappa shape index (κ1) is 19.3. The molecule has 10 heteroatoms. The second-order valence-corrected chi connectivity index (χ2v) is 7.42. The van der Waals surface area contributed by atoms with E-state index in [9.17, 15) is 9.59 Å². The molecule has 3 heterocycles. The van der Waals surface area contributed by atoms with Crippen LogP contribution in [0.2, 0.25) is 5.02 Å². The van der Waals surface area contributed by atoms with E-state index >= 15 is 0 Å². The van der Waals surface area contributed by atoms with Gasteiger partial charge in [-0.25, -0.2) is 13.9 Å². The van der Waals surface area contributed by atoms with E-state index in [-0.39, 0.29) is 11.9 Å². The van der Waals surface area contributed by atoms with Crippen molar-refractivity contribution >= 4 is 41.0 Å². The minimum atomic E-state index is -0.606. The maximum Gasteiger partial charge on any atom is 0.401 e. The summed E-state index contributed by atoms with van der Waals surface area (Å²) in [5, 5.41) is 3.87. The monoisotopic (exact) mass is 417 g/mol. The van der Waals surface area contributed by atoms with Gasteiger partial charge in [0.2, 0.25) is 11.9 Å². The number of amidine groups is 1. The van der Waals surface area contributed by atoms with Crippen LogP contribution < -0.4 is 14.6 Å². The van der Waals surface area contributed by atoms with Gasteiger partial charge in [-0.15, -0.1) is 0 Å². The Morgan fingerprint density at radius 3 is 2.72 bits per heavy atom. The maximum atomic E-state index is 12.7. The normalized spacial score (nSPS) is 18.0. The zero-order valence-corrected chi connectivity index (χ0v) is 17.4. The number of likely N-dealkylation sites (N-methyl/N-ethyl adjacent to an activating group) is 2. The number of urea groups is 1. The number of carbonyl (C=O) groups is 2. The van der Waals surface area contributed by atoms with Crippen LogP contribution in [0.3, 0.4) is 0 Å². The van der Waals surface area contributed by atoms with Gasteiger partial charge < -0.3 is 10.1 Å². The zero-order chi connectivity index (χ0) is 20.9. The van der Waals surface area contributed by atoms with Crippen molar-refractivity contribution in [1.29, 1.82) is 0 Å². The molecule has 0 radical (unpaired) electrons. The van der Waals surface area contributed by atoms with Gasteiger partial charge in [-0.1, -0.05) is 16.6 Å². The van der Waals surface area contributed by atoms with Gasteiger partial charge in [0.05, 0.1) is 18.7 Å². The van der Waals surface area contributed by atoms with E-state index in [2.05, 4.69) is 10.3 Å². The van der Waals surface area contributed by atoms with Gasteiger partial charge in [0.25, 0.3) is 5.91 Å². The number of methoxy groups -OCH3 is 1. The van der Waals surface area contributed by atoms with Crippen molar-refractivity contribution in [2.75, 3.05) is 33.1 Å². The van der Waals surface area contributed by atoms with Gasteiger partial charge in [-0.2, -0.15) is 0 Å². The Morgan fingerprint density at radius 1 is 1.28 bits per heavy atom. The summed E-state index contributed by atoms with van der Waals surface area (Å²) in [7, 11) is 4.70. The lowest BCUT2D eigenvalue weighted by Gasteiger charge is -2.30. The number of ether oxygens (including phenoxy) is 1. The number of nitrogens with one attached hydrogen (secondary N) is 1. The Balaban J connectivity index is 1.54. The van der Waals surface area contributed by atoms with Gasteiger partial charge in [0, 0.05) is 26.3 Å². The summed E-state index contributed by atoms with van der Waals surface area (Å²) >= 11 is 6.17. The van der Waals surface area contributed by atoms with E-state index in [1.165, 1.54) is 11.9 Å². The second kappa shape index (κ2) is 7.07. The average molecular weight is 418 g/mol. The van der Waals surface area contributed by atoms with Crippen molar-refractivity contribution in [3.05, 3.63) is 35.1 Å². The largest absolute Gasteiger partial charge is 0.495 e. The molecule has 0 saturated carbocycles. The van der Waals surface area contributed by atoms with Crippen molar-refractivity contribution in [2.45, 2.75) is 19.5 Å². The molecule has 1 N–H and O–H groups in total. The number of rotatable bonds is 5. The molecule has 0 spiro atoms. The van der Waals surface area contributed by atoms with Crippen LogP contribution in [0.1, 0.15) is 11.7 Å². The number of hydrogen-bond acceptors (Lipinski definition) is 5. The number of aromatic nitrogens is 2. The molecule has 2 aliphatic rings. The van der Waals surface area contributed by atoms with Crippen molar-refractivity contribution in [2.24, 2.45) is 4.99 Å². The van der Waals surface area contributed by atoms with Gasteiger partial charge in [-0.3, -0.25) is 14.6 Å². The summed E-state index contributed by atoms with van der Waals surface area (Å²) in [6.07, 6.45) is 1.90. The number of imidazole rings is 1. The number of benzene rings is 1. The van der Waals surface area contributed by atoms with E-state index in [0.29, 0.717) is 35.6 Å². The molecule has 9 nitrogen and oxygen atoms in total. The second-order valence-electron chi connectivity index (χ2n) is 7.02. The van der Waals surface area contributed by atoms with Crippen LogP contribution in [-0.4, -0.2) is 59.9 Å². The fraction of sp³-hybridized carbons (Fsp3) is 0.368. The predicted octanol–water partition coefficient (Wildman–Crippen LogP) is 1.97. The fourth-order valence-corrected chi connectivity index (χ4v) is 3.93. The van der Waals surface area contributed by atoms with E-state index < -0.39 is 6.04 Å². The first-order chi connectivity index (χ1) is 13.8. The van der Waals surface area contributed by atoms with Gasteiger partial charge in [0.1, 0.15) is 17.6 Å². The van der Waals surface area contributed by atoms with Crippen molar-refractivity contribution in [1.82, 2.24) is 14.4 Å². The highest BCUT2D eigenvalue weighted by Gasteiger charge is 2.52. The molecule has 152 valence electrons. The molecule has 2 aliphatic heterocycles. The van der Waals surface area contributed by atoms with E-state index in [4.69, 9.17) is 16.3 Å². The van der Waals surface area contributed by atoms with Gasteiger partial charge in [0.15, 0.2) is 0 Å². The molecule has 1 unspecified atom stereocenters. The molecule has 0 aliphatic carbocycles. The lowest BCUT2D eigenvalue weighted by Crippen LogP contribution is -2.61. The Kier molecular flexibility index (Phi) is 4.70. The van der Waals surface area contributed by atoms with Gasteiger partial charge in [-0.05, 0) is 25.1 Å². The molecule has 1 aromatic heterocycles.